The van der Waals surface area contributed by atoms with Crippen molar-refractivity contribution in [2.45, 2.75) is 6.54 Å². The van der Waals surface area contributed by atoms with E-state index in [-0.39, 0.29) is 11.7 Å². The predicted octanol–water partition coefficient (Wildman–Crippen LogP) is 4.40. The summed E-state index contributed by atoms with van der Waals surface area (Å²) in [7, 11) is 1.59. The fraction of sp³-hybridized carbons (Fsp3) is 0.222. The number of rotatable bonds is 5. The molecule has 2 aromatic heterocycles. The van der Waals surface area contributed by atoms with E-state index in [0.717, 1.165) is 27.7 Å². The molecule has 6 nitrogen and oxygen atoms in total. The standard InChI is InChI=1S/C27H25FN4O2/c1-34-26-7-6-21(28)16-20(26)18-31-12-14-32(15-13-31)27(33)23-17-25(19-8-10-29-11-9-19)30-24-5-3-2-4-22(23)24/h2-11,16-17H,12-15,18H2,1H3. The number of methoxy groups -OCH3 is 1. The number of ether oxygens (including phenoxy) is 1. The number of pyridine rings is 2. The van der Waals surface area contributed by atoms with E-state index in [1.165, 1.54) is 12.1 Å². The van der Waals surface area contributed by atoms with Crippen LogP contribution in [-0.2, 0) is 6.54 Å². The first-order valence-corrected chi connectivity index (χ1v) is 11.3. The number of carbonyl (C=O) groups excluding carboxylic acids is 1. The molecule has 0 atom stereocenters. The van der Waals surface area contributed by atoms with Crippen molar-refractivity contribution in [2.75, 3.05) is 33.3 Å². The number of fused-ring (bicyclic) bond motifs is 1. The van der Waals surface area contributed by atoms with Crippen LogP contribution in [0.3, 0.4) is 0 Å². The van der Waals surface area contributed by atoms with E-state index in [9.17, 15) is 9.18 Å². The van der Waals surface area contributed by atoms with Crippen molar-refractivity contribution in [3.8, 4) is 17.0 Å². The summed E-state index contributed by atoms with van der Waals surface area (Å²) in [4.78, 5) is 26.6. The number of hydrogen-bond acceptors (Lipinski definition) is 5. The minimum absolute atomic E-state index is 0.00288. The van der Waals surface area contributed by atoms with Crippen LogP contribution in [0.2, 0.25) is 0 Å². The summed E-state index contributed by atoms with van der Waals surface area (Å²) in [6, 6.07) is 18.0. The van der Waals surface area contributed by atoms with Crippen LogP contribution in [0.25, 0.3) is 22.2 Å². The molecule has 0 N–H and O–H groups in total. The van der Waals surface area contributed by atoms with Gasteiger partial charge in [-0.05, 0) is 42.5 Å². The number of carbonyl (C=O) groups is 1. The van der Waals surface area contributed by atoms with Crippen molar-refractivity contribution in [3.05, 3.63) is 90.0 Å². The Balaban J connectivity index is 1.36. The smallest absolute Gasteiger partial charge is 0.254 e. The van der Waals surface area contributed by atoms with Gasteiger partial charge >= 0.3 is 0 Å². The molecule has 34 heavy (non-hydrogen) atoms. The largest absolute Gasteiger partial charge is 0.496 e. The van der Waals surface area contributed by atoms with Gasteiger partial charge in [0.2, 0.25) is 0 Å². The zero-order valence-electron chi connectivity index (χ0n) is 18.9. The third-order valence-electron chi connectivity index (χ3n) is 6.22. The molecular weight excluding hydrogens is 431 g/mol. The number of halogens is 1. The van der Waals surface area contributed by atoms with Gasteiger partial charge < -0.3 is 9.64 Å². The van der Waals surface area contributed by atoms with Gasteiger partial charge in [0.05, 0.1) is 23.9 Å². The van der Waals surface area contributed by atoms with Crippen LogP contribution in [0.1, 0.15) is 15.9 Å². The fourth-order valence-corrected chi connectivity index (χ4v) is 4.41. The highest BCUT2D eigenvalue weighted by Crippen LogP contribution is 2.26. The number of piperazine rings is 1. The summed E-state index contributed by atoms with van der Waals surface area (Å²) in [6.45, 7) is 3.17. The zero-order valence-corrected chi connectivity index (χ0v) is 18.9. The molecule has 3 heterocycles. The maximum absolute atomic E-state index is 13.7. The van der Waals surface area contributed by atoms with Gasteiger partial charge in [0.1, 0.15) is 11.6 Å². The molecule has 1 amide bonds. The van der Waals surface area contributed by atoms with Crippen molar-refractivity contribution < 1.29 is 13.9 Å². The van der Waals surface area contributed by atoms with Gasteiger partial charge in [0, 0.05) is 61.6 Å². The second-order valence-corrected chi connectivity index (χ2v) is 8.33. The Morgan fingerprint density at radius 1 is 1.00 bits per heavy atom. The highest BCUT2D eigenvalue weighted by atomic mass is 19.1. The normalized spacial score (nSPS) is 14.4. The second kappa shape index (κ2) is 9.57. The van der Waals surface area contributed by atoms with Gasteiger partial charge in [-0.3, -0.25) is 14.7 Å². The minimum Gasteiger partial charge on any atom is -0.496 e. The highest BCUT2D eigenvalue weighted by Gasteiger charge is 2.25. The molecule has 0 spiro atoms. The predicted molar refractivity (Wildman–Crippen MR) is 129 cm³/mol. The lowest BCUT2D eigenvalue weighted by atomic mass is 10.0. The third kappa shape index (κ3) is 4.47. The molecular formula is C27H25FN4O2. The number of benzene rings is 2. The molecule has 0 saturated carbocycles. The van der Waals surface area contributed by atoms with Crippen molar-refractivity contribution >= 4 is 16.8 Å². The van der Waals surface area contributed by atoms with Crippen molar-refractivity contribution in [1.82, 2.24) is 19.8 Å². The molecule has 4 aromatic rings. The maximum atomic E-state index is 13.7. The quantitative estimate of drug-likeness (QED) is 0.446. The van der Waals surface area contributed by atoms with E-state index in [1.807, 2.05) is 47.4 Å². The Labute approximate surface area is 197 Å². The summed E-state index contributed by atoms with van der Waals surface area (Å²) >= 11 is 0. The zero-order chi connectivity index (χ0) is 23.5. The Kier molecular flexibility index (Phi) is 6.18. The van der Waals surface area contributed by atoms with Gasteiger partial charge in [-0.25, -0.2) is 9.37 Å². The van der Waals surface area contributed by atoms with E-state index in [1.54, 1.807) is 25.6 Å². The van der Waals surface area contributed by atoms with Crippen LogP contribution in [0.5, 0.6) is 5.75 Å². The van der Waals surface area contributed by atoms with Gasteiger partial charge in [0.25, 0.3) is 5.91 Å². The van der Waals surface area contributed by atoms with Crippen molar-refractivity contribution in [2.24, 2.45) is 0 Å². The molecule has 7 heteroatoms. The van der Waals surface area contributed by atoms with E-state index in [4.69, 9.17) is 9.72 Å². The monoisotopic (exact) mass is 456 g/mol. The number of para-hydroxylation sites is 1. The first-order valence-electron chi connectivity index (χ1n) is 11.3. The molecule has 0 bridgehead atoms. The van der Waals surface area contributed by atoms with E-state index >= 15 is 0 Å². The molecule has 1 aliphatic heterocycles. The Morgan fingerprint density at radius 3 is 2.53 bits per heavy atom. The van der Waals surface area contributed by atoms with Crippen LogP contribution in [0.15, 0.2) is 73.1 Å². The molecule has 172 valence electrons. The Hall–Kier alpha value is -3.84. The molecule has 1 aliphatic rings. The number of amides is 1. The van der Waals surface area contributed by atoms with Crippen LogP contribution < -0.4 is 4.74 Å². The highest BCUT2D eigenvalue weighted by molar-refractivity contribution is 6.07. The van der Waals surface area contributed by atoms with Crippen molar-refractivity contribution in [3.63, 3.8) is 0 Å². The van der Waals surface area contributed by atoms with E-state index in [0.29, 0.717) is 44.0 Å². The second-order valence-electron chi connectivity index (χ2n) is 8.33. The molecule has 5 rings (SSSR count). The SMILES string of the molecule is COc1ccc(F)cc1CN1CCN(C(=O)c2cc(-c3ccncc3)nc3ccccc23)CC1. The van der Waals surface area contributed by atoms with Gasteiger partial charge in [-0.1, -0.05) is 18.2 Å². The first kappa shape index (κ1) is 22.0. The molecule has 0 radical (unpaired) electrons. The summed E-state index contributed by atoms with van der Waals surface area (Å²) in [6.07, 6.45) is 3.45. The summed E-state index contributed by atoms with van der Waals surface area (Å²) in [5, 5.41) is 0.845. The molecule has 1 fully saturated rings. The summed E-state index contributed by atoms with van der Waals surface area (Å²) < 4.78 is 19.1. The lowest BCUT2D eigenvalue weighted by molar-refractivity contribution is 0.0629. The van der Waals surface area contributed by atoms with E-state index < -0.39 is 0 Å². The average molecular weight is 457 g/mol. The lowest BCUT2D eigenvalue weighted by Gasteiger charge is -2.35. The van der Waals surface area contributed by atoms with E-state index in [2.05, 4.69) is 9.88 Å². The summed E-state index contributed by atoms with van der Waals surface area (Å²) in [5.41, 5.74) is 3.92. The topological polar surface area (TPSA) is 58.6 Å². The van der Waals surface area contributed by atoms with Crippen molar-refractivity contribution in [1.29, 1.82) is 0 Å². The number of nitrogens with zero attached hydrogens (tertiary/aromatic N) is 4. The first-order chi connectivity index (χ1) is 16.6. The molecule has 0 aliphatic carbocycles. The van der Waals surface area contributed by atoms with Crippen LogP contribution in [0, 0.1) is 5.82 Å². The minimum atomic E-state index is -0.279. The molecule has 1 saturated heterocycles. The van der Waals surface area contributed by atoms with Crippen LogP contribution in [0.4, 0.5) is 4.39 Å². The number of aromatic nitrogens is 2. The Bertz CT molecular complexity index is 1320. The fourth-order valence-electron chi connectivity index (χ4n) is 4.41. The average Bonchev–Trinajstić information content (AvgIpc) is 2.89. The third-order valence-corrected chi connectivity index (χ3v) is 6.22. The maximum Gasteiger partial charge on any atom is 0.254 e. The van der Waals surface area contributed by atoms with Gasteiger partial charge in [-0.2, -0.15) is 0 Å². The van der Waals surface area contributed by atoms with Gasteiger partial charge in [-0.15, -0.1) is 0 Å². The molecule has 2 aromatic carbocycles. The van der Waals surface area contributed by atoms with Crippen LogP contribution in [-0.4, -0.2) is 59.0 Å². The Morgan fingerprint density at radius 2 is 1.76 bits per heavy atom. The van der Waals surface area contributed by atoms with Gasteiger partial charge in [0.15, 0.2) is 0 Å². The van der Waals surface area contributed by atoms with Crippen LogP contribution >= 0.6 is 0 Å². The summed E-state index contributed by atoms with van der Waals surface area (Å²) in [5.74, 6) is 0.392. The molecule has 0 unspecified atom stereocenters. The number of hydrogen-bond donors (Lipinski definition) is 0. The lowest BCUT2D eigenvalue weighted by Crippen LogP contribution is -2.48.